The average molecular weight is 332 g/mol. The number of methoxy groups -OCH3 is 1. The van der Waals surface area contributed by atoms with Crippen LogP contribution in [-0.4, -0.2) is 12.2 Å². The highest BCUT2D eigenvalue weighted by molar-refractivity contribution is 7.23. The minimum Gasteiger partial charge on any atom is -0.508 e. The molecule has 4 aromatic rings. The average Bonchev–Trinajstić information content (AvgIpc) is 3.01. The van der Waals surface area contributed by atoms with Crippen molar-refractivity contribution in [3.05, 3.63) is 72.8 Å². The molecular weight excluding hydrogens is 316 g/mol. The summed E-state index contributed by atoms with van der Waals surface area (Å²) < 4.78 is 6.56. The first-order valence-corrected chi connectivity index (χ1v) is 8.53. The van der Waals surface area contributed by atoms with Crippen LogP contribution in [0.25, 0.3) is 31.7 Å². The van der Waals surface area contributed by atoms with E-state index in [1.165, 1.54) is 26.1 Å². The second kappa shape index (κ2) is 6.02. The van der Waals surface area contributed by atoms with Gasteiger partial charge in [0.05, 0.1) is 7.11 Å². The Kier molecular flexibility index (Phi) is 3.71. The zero-order chi connectivity index (χ0) is 16.5. The van der Waals surface area contributed by atoms with Gasteiger partial charge in [-0.05, 0) is 41.5 Å². The third-order valence-electron chi connectivity index (χ3n) is 4.09. The van der Waals surface area contributed by atoms with Crippen molar-refractivity contribution < 1.29 is 9.84 Å². The maximum Gasteiger partial charge on any atom is 0.120 e. The minimum atomic E-state index is 0.279. The van der Waals surface area contributed by atoms with Crippen LogP contribution in [0.4, 0.5) is 0 Å². The number of ether oxygens (including phenoxy) is 1. The van der Waals surface area contributed by atoms with E-state index < -0.39 is 0 Å². The van der Waals surface area contributed by atoms with E-state index in [1.54, 1.807) is 30.6 Å². The first-order chi connectivity index (χ1) is 11.8. The minimum absolute atomic E-state index is 0.279. The van der Waals surface area contributed by atoms with E-state index in [9.17, 15) is 5.11 Å². The fourth-order valence-corrected chi connectivity index (χ4v) is 4.17. The molecule has 0 saturated heterocycles. The normalized spacial score (nSPS) is 10.9. The Bertz CT molecular complexity index is 986. The molecule has 1 heterocycles. The summed E-state index contributed by atoms with van der Waals surface area (Å²) in [6, 6.07) is 24.0. The number of benzene rings is 3. The van der Waals surface area contributed by atoms with E-state index in [1.807, 2.05) is 24.3 Å². The van der Waals surface area contributed by atoms with Crippen LogP contribution in [0.1, 0.15) is 0 Å². The number of hydrogen-bond acceptors (Lipinski definition) is 3. The van der Waals surface area contributed by atoms with E-state index >= 15 is 0 Å². The lowest BCUT2D eigenvalue weighted by atomic mass is 9.99. The van der Waals surface area contributed by atoms with Crippen LogP contribution in [-0.2, 0) is 0 Å². The molecule has 0 spiro atoms. The van der Waals surface area contributed by atoms with Crippen molar-refractivity contribution in [2.24, 2.45) is 0 Å². The van der Waals surface area contributed by atoms with Crippen molar-refractivity contribution in [1.29, 1.82) is 0 Å². The van der Waals surface area contributed by atoms with Crippen LogP contribution >= 0.6 is 11.3 Å². The SMILES string of the molecule is COc1ccc2c(-c3ccc(O)cc3)c(-c3ccccc3)sc2c1. The molecule has 0 amide bonds. The second-order valence-electron chi connectivity index (χ2n) is 5.58. The lowest BCUT2D eigenvalue weighted by Gasteiger charge is -2.06. The maximum absolute atomic E-state index is 9.61. The van der Waals surface area contributed by atoms with Gasteiger partial charge in [0.15, 0.2) is 0 Å². The van der Waals surface area contributed by atoms with Crippen LogP contribution in [0.2, 0.25) is 0 Å². The van der Waals surface area contributed by atoms with Gasteiger partial charge in [0.2, 0.25) is 0 Å². The lowest BCUT2D eigenvalue weighted by Crippen LogP contribution is -1.82. The molecule has 0 aliphatic carbocycles. The first-order valence-electron chi connectivity index (χ1n) is 7.71. The molecule has 0 radical (unpaired) electrons. The second-order valence-corrected chi connectivity index (χ2v) is 6.63. The molecule has 4 rings (SSSR count). The zero-order valence-electron chi connectivity index (χ0n) is 13.2. The van der Waals surface area contributed by atoms with Gasteiger partial charge in [0, 0.05) is 20.5 Å². The van der Waals surface area contributed by atoms with Gasteiger partial charge in [0.1, 0.15) is 11.5 Å². The summed E-state index contributed by atoms with van der Waals surface area (Å²) in [7, 11) is 1.69. The number of fused-ring (bicyclic) bond motifs is 1. The quantitative estimate of drug-likeness (QED) is 0.502. The van der Waals surface area contributed by atoms with Gasteiger partial charge in [-0.25, -0.2) is 0 Å². The van der Waals surface area contributed by atoms with E-state index in [2.05, 4.69) is 36.4 Å². The van der Waals surface area contributed by atoms with Gasteiger partial charge < -0.3 is 9.84 Å². The number of aromatic hydroxyl groups is 1. The Morgan fingerprint density at radius 1 is 0.833 bits per heavy atom. The van der Waals surface area contributed by atoms with Crippen LogP contribution in [0.3, 0.4) is 0 Å². The largest absolute Gasteiger partial charge is 0.508 e. The summed E-state index contributed by atoms with van der Waals surface area (Å²) >= 11 is 1.76. The molecule has 0 atom stereocenters. The molecule has 0 bridgehead atoms. The highest BCUT2D eigenvalue weighted by Crippen LogP contribution is 2.45. The Morgan fingerprint density at radius 2 is 1.58 bits per heavy atom. The monoisotopic (exact) mass is 332 g/mol. The lowest BCUT2D eigenvalue weighted by molar-refractivity contribution is 0.415. The predicted octanol–water partition coefficient (Wildman–Crippen LogP) is 5.95. The summed E-state index contributed by atoms with van der Waals surface area (Å²) in [5.74, 6) is 1.14. The summed E-state index contributed by atoms with van der Waals surface area (Å²) in [4.78, 5) is 1.23. The van der Waals surface area contributed by atoms with Crippen molar-refractivity contribution in [3.8, 4) is 33.1 Å². The van der Waals surface area contributed by atoms with Gasteiger partial charge in [-0.3, -0.25) is 0 Å². The number of hydrogen-bond donors (Lipinski definition) is 1. The van der Waals surface area contributed by atoms with Crippen LogP contribution in [0, 0.1) is 0 Å². The van der Waals surface area contributed by atoms with Crippen molar-refractivity contribution >= 4 is 21.4 Å². The Balaban J connectivity index is 2.02. The van der Waals surface area contributed by atoms with Gasteiger partial charge in [-0.1, -0.05) is 42.5 Å². The van der Waals surface area contributed by atoms with E-state index in [4.69, 9.17) is 4.74 Å². The standard InChI is InChI=1S/C21H16O2S/c1-23-17-11-12-18-19(13-17)24-21(15-5-3-2-4-6-15)20(18)14-7-9-16(22)10-8-14/h2-13,22H,1H3. The van der Waals surface area contributed by atoms with Gasteiger partial charge in [0.25, 0.3) is 0 Å². The topological polar surface area (TPSA) is 29.5 Å². The highest BCUT2D eigenvalue weighted by Gasteiger charge is 2.16. The molecule has 0 aliphatic heterocycles. The Hall–Kier alpha value is -2.78. The number of phenols is 1. The molecule has 1 aromatic heterocycles. The predicted molar refractivity (Wildman–Crippen MR) is 101 cm³/mol. The number of thiophene rings is 1. The zero-order valence-corrected chi connectivity index (χ0v) is 14.0. The van der Waals surface area contributed by atoms with Crippen molar-refractivity contribution in [2.75, 3.05) is 7.11 Å². The summed E-state index contributed by atoms with van der Waals surface area (Å²) in [6.07, 6.45) is 0. The van der Waals surface area contributed by atoms with Crippen molar-refractivity contribution in [2.45, 2.75) is 0 Å². The summed E-state index contributed by atoms with van der Waals surface area (Å²) in [5, 5.41) is 10.8. The van der Waals surface area contributed by atoms with Crippen LogP contribution < -0.4 is 4.74 Å². The first kappa shape index (κ1) is 14.8. The number of rotatable bonds is 3. The number of phenolic OH excluding ortho intramolecular Hbond substituents is 1. The Morgan fingerprint density at radius 3 is 2.29 bits per heavy atom. The Labute approximate surface area is 144 Å². The fourth-order valence-electron chi connectivity index (χ4n) is 2.91. The van der Waals surface area contributed by atoms with E-state index in [0.29, 0.717) is 0 Å². The smallest absolute Gasteiger partial charge is 0.120 e. The van der Waals surface area contributed by atoms with Crippen molar-refractivity contribution in [3.63, 3.8) is 0 Å². The third kappa shape index (κ3) is 2.53. The molecule has 3 aromatic carbocycles. The molecule has 3 heteroatoms. The van der Waals surface area contributed by atoms with Crippen molar-refractivity contribution in [1.82, 2.24) is 0 Å². The summed E-state index contributed by atoms with van der Waals surface area (Å²) in [6.45, 7) is 0. The highest BCUT2D eigenvalue weighted by atomic mass is 32.1. The van der Waals surface area contributed by atoms with Gasteiger partial charge in [-0.2, -0.15) is 0 Å². The molecule has 0 fully saturated rings. The van der Waals surface area contributed by atoms with E-state index in [0.717, 1.165) is 11.3 Å². The van der Waals surface area contributed by atoms with Gasteiger partial charge in [-0.15, -0.1) is 11.3 Å². The van der Waals surface area contributed by atoms with Gasteiger partial charge >= 0.3 is 0 Å². The molecule has 0 aliphatic rings. The summed E-state index contributed by atoms with van der Waals surface area (Å²) in [5.41, 5.74) is 3.49. The van der Waals surface area contributed by atoms with Crippen LogP contribution in [0.5, 0.6) is 11.5 Å². The molecular formula is C21H16O2S. The molecule has 1 N–H and O–H groups in total. The maximum atomic E-state index is 9.61. The molecule has 0 unspecified atom stereocenters. The van der Waals surface area contributed by atoms with Crippen LogP contribution in [0.15, 0.2) is 72.8 Å². The third-order valence-corrected chi connectivity index (χ3v) is 5.29. The molecule has 118 valence electrons. The van der Waals surface area contributed by atoms with E-state index in [-0.39, 0.29) is 5.75 Å². The molecule has 24 heavy (non-hydrogen) atoms. The fraction of sp³-hybridized carbons (Fsp3) is 0.0476. The molecule has 0 saturated carbocycles. The molecule has 2 nitrogen and oxygen atoms in total.